The average molecular weight is 279 g/mol. The van der Waals surface area contributed by atoms with E-state index in [-0.39, 0.29) is 11.8 Å². The summed E-state index contributed by atoms with van der Waals surface area (Å²) in [4.78, 5) is 0. The Morgan fingerprint density at radius 2 is 2.00 bits per heavy atom. The van der Waals surface area contributed by atoms with Gasteiger partial charge < -0.3 is 10.1 Å². The molecule has 1 aromatic carbocycles. The van der Waals surface area contributed by atoms with Crippen LogP contribution in [0.4, 0.5) is 17.6 Å². The Morgan fingerprint density at radius 3 is 2.53 bits per heavy atom. The van der Waals surface area contributed by atoms with Gasteiger partial charge in [0.25, 0.3) is 0 Å². The van der Waals surface area contributed by atoms with E-state index in [2.05, 4.69) is 5.32 Å². The van der Waals surface area contributed by atoms with Crippen LogP contribution >= 0.6 is 0 Å². The fourth-order valence-corrected chi connectivity index (χ4v) is 1.60. The van der Waals surface area contributed by atoms with Gasteiger partial charge in [-0.3, -0.25) is 0 Å². The molecule has 108 valence electrons. The molecule has 6 heteroatoms. The molecule has 0 aliphatic heterocycles. The number of hydrogen-bond acceptors (Lipinski definition) is 2. The molecule has 0 amide bonds. The highest BCUT2D eigenvalue weighted by Crippen LogP contribution is 2.24. The topological polar surface area (TPSA) is 21.3 Å². The van der Waals surface area contributed by atoms with E-state index in [1.54, 1.807) is 6.07 Å². The minimum atomic E-state index is -4.30. The molecule has 0 spiro atoms. The quantitative estimate of drug-likeness (QED) is 0.799. The molecule has 0 aliphatic carbocycles. The third-order valence-electron chi connectivity index (χ3n) is 2.61. The van der Waals surface area contributed by atoms with Crippen molar-refractivity contribution in [2.75, 3.05) is 13.2 Å². The molecule has 1 atom stereocenters. The zero-order valence-corrected chi connectivity index (χ0v) is 10.9. The average Bonchev–Trinajstić information content (AvgIpc) is 2.30. The molecule has 19 heavy (non-hydrogen) atoms. The highest BCUT2D eigenvalue weighted by Gasteiger charge is 2.27. The number of hydrogen-bond donors (Lipinski definition) is 1. The Morgan fingerprint density at radius 1 is 1.32 bits per heavy atom. The van der Waals surface area contributed by atoms with Gasteiger partial charge in [0.05, 0.1) is 13.0 Å². The van der Waals surface area contributed by atoms with Gasteiger partial charge in [0.15, 0.2) is 11.6 Å². The lowest BCUT2D eigenvalue weighted by atomic mass is 10.1. The Bertz CT molecular complexity index is 406. The van der Waals surface area contributed by atoms with Crippen LogP contribution in [0.25, 0.3) is 0 Å². The van der Waals surface area contributed by atoms with E-state index in [4.69, 9.17) is 4.74 Å². The van der Waals surface area contributed by atoms with Crippen molar-refractivity contribution in [1.29, 1.82) is 0 Å². The third-order valence-corrected chi connectivity index (χ3v) is 2.61. The van der Waals surface area contributed by atoms with Crippen LogP contribution in [0.1, 0.15) is 31.9 Å². The fourth-order valence-electron chi connectivity index (χ4n) is 1.60. The first-order chi connectivity index (χ1) is 8.83. The summed E-state index contributed by atoms with van der Waals surface area (Å²) < 4.78 is 54.2. The largest absolute Gasteiger partial charge is 0.490 e. The van der Waals surface area contributed by atoms with E-state index < -0.39 is 25.0 Å². The summed E-state index contributed by atoms with van der Waals surface area (Å²) in [6.45, 7) is 3.97. The molecule has 1 aromatic rings. The van der Waals surface area contributed by atoms with Crippen LogP contribution in [-0.2, 0) is 0 Å². The summed E-state index contributed by atoms with van der Waals surface area (Å²) in [5.41, 5.74) is 0.725. The summed E-state index contributed by atoms with van der Waals surface area (Å²) >= 11 is 0. The Hall–Kier alpha value is -1.30. The van der Waals surface area contributed by atoms with Gasteiger partial charge >= 0.3 is 6.18 Å². The second-order valence-electron chi connectivity index (χ2n) is 4.18. The maximum atomic E-state index is 13.6. The lowest BCUT2D eigenvalue weighted by Crippen LogP contribution is -2.18. The standard InChI is InChI=1S/C13H17F4NO/c1-3-18-9(2)10-4-5-12(11(14)8-10)19-7-6-13(15,16)17/h4-5,8-9,18H,3,6-7H2,1-2H3. The van der Waals surface area contributed by atoms with Crippen LogP contribution in [0, 0.1) is 5.82 Å². The minimum absolute atomic E-state index is 0.0243. The Balaban J connectivity index is 2.62. The van der Waals surface area contributed by atoms with Gasteiger partial charge in [-0.05, 0) is 31.2 Å². The summed E-state index contributed by atoms with van der Waals surface area (Å²) in [5, 5.41) is 3.12. The van der Waals surface area contributed by atoms with Crippen molar-refractivity contribution in [3.05, 3.63) is 29.6 Å². The van der Waals surface area contributed by atoms with Gasteiger partial charge in [-0.25, -0.2) is 4.39 Å². The van der Waals surface area contributed by atoms with Crippen LogP contribution in [-0.4, -0.2) is 19.3 Å². The maximum Gasteiger partial charge on any atom is 0.392 e. The Kier molecular flexibility index (Phi) is 5.60. The third kappa shape index (κ3) is 5.46. The van der Waals surface area contributed by atoms with E-state index in [9.17, 15) is 17.6 Å². The number of benzene rings is 1. The predicted octanol–water partition coefficient (Wildman–Crippen LogP) is 3.83. The summed E-state index contributed by atoms with van der Waals surface area (Å²) in [6.07, 6.45) is -5.39. The summed E-state index contributed by atoms with van der Waals surface area (Å²) in [6, 6.07) is 4.24. The first-order valence-electron chi connectivity index (χ1n) is 6.06. The molecule has 1 N–H and O–H groups in total. The van der Waals surface area contributed by atoms with E-state index in [0.717, 1.165) is 12.1 Å². The van der Waals surface area contributed by atoms with Crippen molar-refractivity contribution >= 4 is 0 Å². The van der Waals surface area contributed by atoms with E-state index >= 15 is 0 Å². The van der Waals surface area contributed by atoms with Crippen molar-refractivity contribution in [2.45, 2.75) is 32.5 Å². The normalized spacial score (nSPS) is 13.4. The molecule has 0 radical (unpaired) electrons. The predicted molar refractivity (Wildman–Crippen MR) is 64.7 cm³/mol. The molecule has 0 fully saturated rings. The van der Waals surface area contributed by atoms with E-state index in [1.807, 2.05) is 13.8 Å². The number of rotatable bonds is 6. The molecular weight excluding hydrogens is 262 g/mol. The van der Waals surface area contributed by atoms with Gasteiger partial charge in [0, 0.05) is 6.04 Å². The second kappa shape index (κ2) is 6.75. The minimum Gasteiger partial charge on any atom is -0.490 e. The first-order valence-corrected chi connectivity index (χ1v) is 6.06. The van der Waals surface area contributed by atoms with Crippen molar-refractivity contribution in [3.63, 3.8) is 0 Å². The lowest BCUT2D eigenvalue weighted by molar-refractivity contribution is -0.139. The molecule has 1 rings (SSSR count). The monoisotopic (exact) mass is 279 g/mol. The van der Waals surface area contributed by atoms with Crippen molar-refractivity contribution in [3.8, 4) is 5.75 Å². The van der Waals surface area contributed by atoms with Gasteiger partial charge in [-0.15, -0.1) is 0 Å². The zero-order valence-electron chi connectivity index (χ0n) is 10.9. The number of nitrogens with one attached hydrogen (secondary N) is 1. The van der Waals surface area contributed by atoms with Crippen LogP contribution in [0.15, 0.2) is 18.2 Å². The van der Waals surface area contributed by atoms with E-state index in [1.165, 1.54) is 12.1 Å². The van der Waals surface area contributed by atoms with E-state index in [0.29, 0.717) is 0 Å². The SMILES string of the molecule is CCNC(C)c1ccc(OCCC(F)(F)F)c(F)c1. The maximum absolute atomic E-state index is 13.6. The molecule has 0 saturated carbocycles. The van der Waals surface area contributed by atoms with Gasteiger partial charge in [-0.2, -0.15) is 13.2 Å². The molecule has 0 aliphatic rings. The van der Waals surface area contributed by atoms with Crippen LogP contribution in [0.3, 0.4) is 0 Å². The summed E-state index contributed by atoms with van der Waals surface area (Å²) in [5.74, 6) is -0.805. The van der Waals surface area contributed by atoms with Crippen LogP contribution < -0.4 is 10.1 Å². The Labute approximate surface area is 109 Å². The lowest BCUT2D eigenvalue weighted by Gasteiger charge is -2.14. The molecule has 0 saturated heterocycles. The zero-order chi connectivity index (χ0) is 14.5. The first kappa shape index (κ1) is 15.8. The molecule has 0 heterocycles. The van der Waals surface area contributed by atoms with Crippen molar-refractivity contribution in [2.24, 2.45) is 0 Å². The molecule has 2 nitrogen and oxygen atoms in total. The fraction of sp³-hybridized carbons (Fsp3) is 0.538. The molecular formula is C13H17F4NO. The number of alkyl halides is 3. The highest BCUT2D eigenvalue weighted by atomic mass is 19.4. The van der Waals surface area contributed by atoms with Crippen molar-refractivity contribution in [1.82, 2.24) is 5.32 Å². The van der Waals surface area contributed by atoms with Crippen LogP contribution in [0.5, 0.6) is 5.75 Å². The van der Waals surface area contributed by atoms with Crippen LogP contribution in [0.2, 0.25) is 0 Å². The molecule has 1 unspecified atom stereocenters. The number of halogens is 4. The van der Waals surface area contributed by atoms with Gasteiger partial charge in [-0.1, -0.05) is 13.0 Å². The van der Waals surface area contributed by atoms with Gasteiger partial charge in [0.1, 0.15) is 0 Å². The summed E-state index contributed by atoms with van der Waals surface area (Å²) in [7, 11) is 0. The van der Waals surface area contributed by atoms with Gasteiger partial charge in [0.2, 0.25) is 0 Å². The molecule has 0 aromatic heterocycles. The van der Waals surface area contributed by atoms with Crippen molar-refractivity contribution < 1.29 is 22.3 Å². The molecule has 0 bridgehead atoms. The smallest absolute Gasteiger partial charge is 0.392 e. The second-order valence-corrected chi connectivity index (χ2v) is 4.18. The number of ether oxygens (including phenoxy) is 1. The highest BCUT2D eigenvalue weighted by molar-refractivity contribution is 5.30.